The molecule has 1 N–H and O–H groups in total. The molecule has 1 aliphatic carbocycles. The van der Waals surface area contributed by atoms with Crippen LogP contribution in [0.4, 0.5) is 18.9 Å². The topological polar surface area (TPSA) is 32.3 Å². The zero-order valence-corrected chi connectivity index (χ0v) is 11.5. The van der Waals surface area contributed by atoms with Crippen molar-refractivity contribution in [3.05, 3.63) is 29.8 Å². The van der Waals surface area contributed by atoms with E-state index in [4.69, 9.17) is 0 Å². The van der Waals surface area contributed by atoms with Gasteiger partial charge in [0, 0.05) is 5.69 Å². The molecule has 3 rings (SSSR count). The molecule has 1 amide bonds. The lowest BCUT2D eigenvalue weighted by atomic mass is 9.84. The minimum Gasteiger partial charge on any atom is -0.362 e. The number of hydrogen-bond acceptors (Lipinski definition) is 2. The van der Waals surface area contributed by atoms with Gasteiger partial charge in [0.2, 0.25) is 0 Å². The fraction of sp³-hybridized carbons (Fsp3) is 0.533. The van der Waals surface area contributed by atoms with Crippen molar-refractivity contribution in [2.75, 3.05) is 11.9 Å². The first kappa shape index (κ1) is 14.2. The molecule has 3 nitrogen and oxygen atoms in total. The molecule has 2 aliphatic rings. The predicted molar refractivity (Wildman–Crippen MR) is 73.0 cm³/mol. The summed E-state index contributed by atoms with van der Waals surface area (Å²) in [5, 5.41) is 3.22. The van der Waals surface area contributed by atoms with E-state index >= 15 is 0 Å². The summed E-state index contributed by atoms with van der Waals surface area (Å²) in [6.07, 6.45) is -0.618. The molecule has 1 aromatic carbocycles. The molecule has 1 aliphatic heterocycles. The Morgan fingerprint density at radius 1 is 1.14 bits per heavy atom. The third-order valence-electron chi connectivity index (χ3n) is 4.30. The van der Waals surface area contributed by atoms with Crippen molar-refractivity contribution in [1.82, 2.24) is 4.90 Å². The molecule has 0 unspecified atom stereocenters. The number of nitrogens with one attached hydrogen (secondary N) is 1. The summed E-state index contributed by atoms with van der Waals surface area (Å²) >= 11 is 0. The highest BCUT2D eigenvalue weighted by atomic mass is 19.4. The number of fused-ring (bicyclic) bond motifs is 1. The highest BCUT2D eigenvalue weighted by Crippen LogP contribution is 2.41. The first-order valence-corrected chi connectivity index (χ1v) is 7.17. The van der Waals surface area contributed by atoms with Crippen LogP contribution in [0.2, 0.25) is 0 Å². The Balaban J connectivity index is 2.02. The van der Waals surface area contributed by atoms with Crippen LogP contribution in [0.15, 0.2) is 24.3 Å². The first-order chi connectivity index (χ1) is 9.91. The third-order valence-corrected chi connectivity index (χ3v) is 4.30. The average Bonchev–Trinajstić information content (AvgIpc) is 2.44. The number of nitrogens with zero attached hydrogens (tertiary/aromatic N) is 1. The van der Waals surface area contributed by atoms with Gasteiger partial charge < -0.3 is 10.2 Å². The van der Waals surface area contributed by atoms with E-state index in [1.54, 1.807) is 24.3 Å². The summed E-state index contributed by atoms with van der Waals surface area (Å²) < 4.78 is 38.7. The van der Waals surface area contributed by atoms with E-state index < -0.39 is 24.3 Å². The summed E-state index contributed by atoms with van der Waals surface area (Å²) in [5.74, 6) is -0.524. The number of hydrogen-bond donors (Lipinski definition) is 1. The van der Waals surface area contributed by atoms with Crippen LogP contribution in [-0.2, 0) is 0 Å². The molecule has 0 aromatic heterocycles. The summed E-state index contributed by atoms with van der Waals surface area (Å²) in [6.45, 7) is -1.20. The zero-order valence-electron chi connectivity index (χ0n) is 11.5. The van der Waals surface area contributed by atoms with Gasteiger partial charge in [0.15, 0.2) is 0 Å². The average molecular weight is 298 g/mol. The van der Waals surface area contributed by atoms with Crippen molar-refractivity contribution in [1.29, 1.82) is 0 Å². The lowest BCUT2D eigenvalue weighted by Gasteiger charge is -2.50. The monoisotopic (exact) mass is 298 g/mol. The number of para-hydroxylation sites is 1. The number of alkyl halides is 3. The van der Waals surface area contributed by atoms with Crippen LogP contribution in [0.1, 0.15) is 42.5 Å². The third kappa shape index (κ3) is 2.59. The van der Waals surface area contributed by atoms with Crippen LogP contribution in [-0.4, -0.2) is 29.2 Å². The Hall–Kier alpha value is -1.72. The number of anilines is 1. The Bertz CT molecular complexity index is 550. The molecule has 1 spiro atoms. The smallest absolute Gasteiger partial charge is 0.362 e. The quantitative estimate of drug-likeness (QED) is 0.856. The maximum absolute atomic E-state index is 12.9. The molecule has 0 atom stereocenters. The Kier molecular flexibility index (Phi) is 3.34. The molecule has 0 saturated heterocycles. The predicted octanol–water partition coefficient (Wildman–Crippen LogP) is 3.78. The largest absolute Gasteiger partial charge is 0.406 e. The SMILES string of the molecule is O=C1c2ccccc2NC2(CCCCC2)N1CC(F)(F)F. The number of carbonyl (C=O) groups is 1. The second kappa shape index (κ2) is 4.93. The number of rotatable bonds is 1. The molecule has 1 saturated carbocycles. The minimum absolute atomic E-state index is 0.318. The van der Waals surface area contributed by atoms with E-state index in [-0.39, 0.29) is 0 Å². The van der Waals surface area contributed by atoms with E-state index in [0.29, 0.717) is 24.1 Å². The van der Waals surface area contributed by atoms with Gasteiger partial charge in [0.25, 0.3) is 5.91 Å². The summed E-state index contributed by atoms with van der Waals surface area (Å²) in [7, 11) is 0. The van der Waals surface area contributed by atoms with Crippen LogP contribution in [0.3, 0.4) is 0 Å². The van der Waals surface area contributed by atoms with E-state index in [1.807, 2.05) is 0 Å². The minimum atomic E-state index is -4.39. The molecule has 0 bridgehead atoms. The molecule has 1 heterocycles. The zero-order chi connectivity index (χ0) is 15.1. The molecule has 114 valence electrons. The molecule has 21 heavy (non-hydrogen) atoms. The Labute approximate surface area is 121 Å². The highest BCUT2D eigenvalue weighted by Gasteiger charge is 2.49. The maximum atomic E-state index is 12.9. The number of amides is 1. The van der Waals surface area contributed by atoms with E-state index in [1.165, 1.54) is 0 Å². The number of carbonyl (C=O) groups excluding carboxylic acids is 1. The van der Waals surface area contributed by atoms with Gasteiger partial charge in [-0.25, -0.2) is 0 Å². The molecule has 1 fully saturated rings. The number of halogens is 3. The lowest BCUT2D eigenvalue weighted by molar-refractivity contribution is -0.152. The van der Waals surface area contributed by atoms with Crippen LogP contribution < -0.4 is 5.32 Å². The van der Waals surface area contributed by atoms with Gasteiger partial charge in [0.1, 0.15) is 12.2 Å². The molecular weight excluding hydrogens is 281 g/mol. The normalized spacial score (nSPS) is 21.1. The van der Waals surface area contributed by atoms with Crippen LogP contribution in [0, 0.1) is 0 Å². The van der Waals surface area contributed by atoms with Crippen molar-refractivity contribution >= 4 is 11.6 Å². The first-order valence-electron chi connectivity index (χ1n) is 7.17. The van der Waals surface area contributed by atoms with Crippen molar-refractivity contribution in [3.8, 4) is 0 Å². The van der Waals surface area contributed by atoms with Crippen molar-refractivity contribution < 1.29 is 18.0 Å². The second-order valence-corrected chi connectivity index (χ2v) is 5.77. The molecular formula is C15H17F3N2O. The fourth-order valence-electron chi connectivity index (χ4n) is 3.37. The summed E-state index contributed by atoms with van der Waals surface area (Å²) in [5.41, 5.74) is 0.0694. The van der Waals surface area contributed by atoms with Crippen molar-refractivity contribution in [3.63, 3.8) is 0 Å². The van der Waals surface area contributed by atoms with Gasteiger partial charge in [-0.1, -0.05) is 18.6 Å². The van der Waals surface area contributed by atoms with Gasteiger partial charge in [-0.05, 0) is 37.8 Å². The second-order valence-electron chi connectivity index (χ2n) is 5.77. The van der Waals surface area contributed by atoms with Gasteiger partial charge in [-0.3, -0.25) is 4.79 Å². The van der Waals surface area contributed by atoms with E-state index in [2.05, 4.69) is 5.32 Å². The number of benzene rings is 1. The van der Waals surface area contributed by atoms with Gasteiger partial charge in [0.05, 0.1) is 5.56 Å². The highest BCUT2D eigenvalue weighted by molar-refractivity contribution is 6.02. The fourth-order valence-corrected chi connectivity index (χ4v) is 3.37. The Morgan fingerprint density at radius 3 is 2.48 bits per heavy atom. The van der Waals surface area contributed by atoms with Gasteiger partial charge in [-0.2, -0.15) is 13.2 Å². The maximum Gasteiger partial charge on any atom is 0.406 e. The standard InChI is InChI=1S/C15H17F3N2O/c16-15(17,18)10-20-13(21)11-6-2-3-7-12(11)19-14(20)8-4-1-5-9-14/h2-3,6-7,19H,1,4-5,8-10H2. The lowest BCUT2D eigenvalue weighted by Crippen LogP contribution is -2.62. The molecule has 1 aromatic rings. The summed E-state index contributed by atoms with van der Waals surface area (Å²) in [4.78, 5) is 13.5. The molecule has 0 radical (unpaired) electrons. The van der Waals surface area contributed by atoms with Crippen molar-refractivity contribution in [2.45, 2.75) is 43.9 Å². The molecule has 6 heteroatoms. The summed E-state index contributed by atoms with van der Waals surface area (Å²) in [6, 6.07) is 6.79. The Morgan fingerprint density at radius 2 is 1.81 bits per heavy atom. The van der Waals surface area contributed by atoms with Gasteiger partial charge in [-0.15, -0.1) is 0 Å². The van der Waals surface area contributed by atoms with E-state index in [0.717, 1.165) is 24.2 Å². The van der Waals surface area contributed by atoms with E-state index in [9.17, 15) is 18.0 Å². The van der Waals surface area contributed by atoms with Gasteiger partial charge >= 0.3 is 6.18 Å². The van der Waals surface area contributed by atoms with Crippen molar-refractivity contribution in [2.24, 2.45) is 0 Å². The van der Waals surface area contributed by atoms with Crippen LogP contribution >= 0.6 is 0 Å². The van der Waals surface area contributed by atoms with Crippen LogP contribution in [0.25, 0.3) is 0 Å². The van der Waals surface area contributed by atoms with Crippen LogP contribution in [0.5, 0.6) is 0 Å².